The third-order valence-electron chi connectivity index (χ3n) is 2.13. The molecular weight excluding hydrogens is 228 g/mol. The van der Waals surface area contributed by atoms with Gasteiger partial charge in [0, 0.05) is 18.0 Å². The largest absolute Gasteiger partial charge is 0.495 e. The van der Waals surface area contributed by atoms with Gasteiger partial charge in [-0.25, -0.2) is 4.98 Å². The van der Waals surface area contributed by atoms with E-state index < -0.39 is 0 Å². The highest BCUT2D eigenvalue weighted by atomic mass is 35.5. The summed E-state index contributed by atoms with van der Waals surface area (Å²) >= 11 is 5.87. The first-order valence-corrected chi connectivity index (χ1v) is 4.98. The van der Waals surface area contributed by atoms with Crippen molar-refractivity contribution in [2.75, 3.05) is 7.11 Å². The Kier molecular flexibility index (Phi) is 2.92. The maximum atomic E-state index is 11.9. The second kappa shape index (κ2) is 4.37. The molecule has 2 rings (SSSR count). The molecule has 0 saturated heterocycles. The van der Waals surface area contributed by atoms with Gasteiger partial charge in [0.1, 0.15) is 5.75 Å². The van der Waals surface area contributed by atoms with Crippen molar-refractivity contribution in [3.05, 3.63) is 47.0 Å². The van der Waals surface area contributed by atoms with Crippen LogP contribution < -0.4 is 4.74 Å². The minimum absolute atomic E-state index is 0.194. The van der Waals surface area contributed by atoms with Crippen LogP contribution >= 0.6 is 11.6 Å². The normalized spacial score (nSPS) is 10.1. The van der Waals surface area contributed by atoms with E-state index in [0.717, 1.165) is 0 Å². The molecule has 1 heterocycles. The fourth-order valence-electron chi connectivity index (χ4n) is 1.33. The Bertz CT molecular complexity index is 509. The van der Waals surface area contributed by atoms with Crippen LogP contribution in [0.3, 0.4) is 0 Å². The molecule has 4 nitrogen and oxygen atoms in total. The number of methoxy groups -OCH3 is 1. The molecule has 16 heavy (non-hydrogen) atoms. The number of aromatic amines is 1. The summed E-state index contributed by atoms with van der Waals surface area (Å²) in [7, 11) is 1.50. The van der Waals surface area contributed by atoms with Crippen molar-refractivity contribution in [2.24, 2.45) is 0 Å². The maximum Gasteiger partial charge on any atom is 0.228 e. The number of rotatable bonds is 3. The second-order valence-corrected chi connectivity index (χ2v) is 3.52. The summed E-state index contributed by atoms with van der Waals surface area (Å²) in [5.74, 6) is 0.573. The summed E-state index contributed by atoms with van der Waals surface area (Å²) in [5.41, 5.74) is 0.483. The number of carbonyl (C=O) groups excluding carboxylic acids is 1. The lowest BCUT2D eigenvalue weighted by Gasteiger charge is -2.04. The van der Waals surface area contributed by atoms with Gasteiger partial charge in [0.2, 0.25) is 5.78 Å². The van der Waals surface area contributed by atoms with E-state index in [4.69, 9.17) is 16.3 Å². The van der Waals surface area contributed by atoms with Crippen LogP contribution in [0.25, 0.3) is 0 Å². The Morgan fingerprint density at radius 1 is 1.50 bits per heavy atom. The van der Waals surface area contributed by atoms with Crippen molar-refractivity contribution in [1.29, 1.82) is 0 Å². The number of hydrogen-bond acceptors (Lipinski definition) is 3. The van der Waals surface area contributed by atoms with E-state index in [0.29, 0.717) is 22.2 Å². The van der Waals surface area contributed by atoms with E-state index in [1.807, 2.05) is 0 Å². The van der Waals surface area contributed by atoms with Gasteiger partial charge in [0.25, 0.3) is 0 Å². The van der Waals surface area contributed by atoms with E-state index in [2.05, 4.69) is 9.97 Å². The van der Waals surface area contributed by atoms with Crippen molar-refractivity contribution in [2.45, 2.75) is 0 Å². The molecule has 1 N–H and O–H groups in total. The molecule has 0 unspecified atom stereocenters. The monoisotopic (exact) mass is 236 g/mol. The number of ether oxygens (including phenoxy) is 1. The minimum atomic E-state index is -0.194. The first-order valence-electron chi connectivity index (χ1n) is 4.60. The van der Waals surface area contributed by atoms with Crippen LogP contribution in [0.2, 0.25) is 5.02 Å². The third-order valence-corrected chi connectivity index (χ3v) is 2.44. The van der Waals surface area contributed by atoms with Crippen LogP contribution in [-0.4, -0.2) is 22.9 Å². The van der Waals surface area contributed by atoms with Gasteiger partial charge in [0.05, 0.1) is 12.1 Å². The van der Waals surface area contributed by atoms with Gasteiger partial charge >= 0.3 is 0 Å². The molecule has 0 radical (unpaired) electrons. The van der Waals surface area contributed by atoms with Crippen molar-refractivity contribution < 1.29 is 9.53 Å². The zero-order chi connectivity index (χ0) is 11.5. The SMILES string of the molecule is COc1cc(C(=O)c2ncc[nH]2)ccc1Cl. The lowest BCUT2D eigenvalue weighted by Crippen LogP contribution is -2.03. The summed E-state index contributed by atoms with van der Waals surface area (Å²) in [6.07, 6.45) is 3.13. The van der Waals surface area contributed by atoms with Crippen LogP contribution in [0.15, 0.2) is 30.6 Å². The van der Waals surface area contributed by atoms with Crippen molar-refractivity contribution in [1.82, 2.24) is 9.97 Å². The second-order valence-electron chi connectivity index (χ2n) is 3.12. The molecule has 5 heteroatoms. The molecule has 0 aliphatic rings. The van der Waals surface area contributed by atoms with Crippen molar-refractivity contribution >= 4 is 17.4 Å². The van der Waals surface area contributed by atoms with E-state index in [9.17, 15) is 4.79 Å². The number of hydrogen-bond donors (Lipinski definition) is 1. The van der Waals surface area contributed by atoms with Crippen LogP contribution in [0, 0.1) is 0 Å². The highest BCUT2D eigenvalue weighted by Gasteiger charge is 2.13. The predicted octanol–water partition coefficient (Wildman–Crippen LogP) is 2.30. The third kappa shape index (κ3) is 1.92. The van der Waals surface area contributed by atoms with Crippen LogP contribution in [0.1, 0.15) is 16.2 Å². The summed E-state index contributed by atoms with van der Waals surface area (Å²) in [5, 5.41) is 0.471. The molecular formula is C11H9ClN2O2. The Morgan fingerprint density at radius 2 is 2.31 bits per heavy atom. The predicted molar refractivity (Wildman–Crippen MR) is 60.0 cm³/mol. The Labute approximate surface area is 97.2 Å². The van der Waals surface area contributed by atoms with Gasteiger partial charge in [-0.2, -0.15) is 0 Å². The smallest absolute Gasteiger partial charge is 0.228 e. The molecule has 82 valence electrons. The molecule has 0 bridgehead atoms. The molecule has 0 saturated carbocycles. The number of carbonyl (C=O) groups is 1. The molecule has 1 aromatic carbocycles. The molecule has 0 fully saturated rings. The number of aromatic nitrogens is 2. The van der Waals surface area contributed by atoms with Gasteiger partial charge in [-0.3, -0.25) is 4.79 Å². The standard InChI is InChI=1S/C11H9ClN2O2/c1-16-9-6-7(2-3-8(9)12)10(15)11-13-4-5-14-11/h2-6H,1H3,(H,13,14). The maximum absolute atomic E-state index is 11.9. The van der Waals surface area contributed by atoms with E-state index in [1.54, 1.807) is 24.4 Å². The number of nitrogens with one attached hydrogen (secondary N) is 1. The molecule has 0 amide bonds. The number of benzene rings is 1. The Morgan fingerprint density at radius 3 is 2.94 bits per heavy atom. The lowest BCUT2D eigenvalue weighted by atomic mass is 10.1. The zero-order valence-corrected chi connectivity index (χ0v) is 9.28. The summed E-state index contributed by atoms with van der Waals surface area (Å²) in [4.78, 5) is 18.5. The van der Waals surface area contributed by atoms with Crippen molar-refractivity contribution in [3.8, 4) is 5.75 Å². The Hall–Kier alpha value is -1.81. The van der Waals surface area contributed by atoms with Gasteiger partial charge in [-0.1, -0.05) is 11.6 Å². The summed E-state index contributed by atoms with van der Waals surface area (Å²) in [6.45, 7) is 0. The molecule has 0 aliphatic heterocycles. The topological polar surface area (TPSA) is 55.0 Å². The van der Waals surface area contributed by atoms with E-state index in [-0.39, 0.29) is 5.78 Å². The molecule has 0 atom stereocenters. The Balaban J connectivity index is 2.38. The van der Waals surface area contributed by atoms with Gasteiger partial charge < -0.3 is 9.72 Å². The average Bonchev–Trinajstić information content (AvgIpc) is 2.82. The van der Waals surface area contributed by atoms with Crippen LogP contribution in [0.5, 0.6) is 5.75 Å². The van der Waals surface area contributed by atoms with E-state index in [1.165, 1.54) is 13.3 Å². The van der Waals surface area contributed by atoms with Crippen LogP contribution in [-0.2, 0) is 0 Å². The number of nitrogens with zero attached hydrogens (tertiary/aromatic N) is 1. The average molecular weight is 237 g/mol. The highest BCUT2D eigenvalue weighted by molar-refractivity contribution is 6.32. The first-order chi connectivity index (χ1) is 7.72. The summed E-state index contributed by atoms with van der Waals surface area (Å²) < 4.78 is 5.04. The number of H-pyrrole nitrogens is 1. The number of imidazole rings is 1. The fraction of sp³-hybridized carbons (Fsp3) is 0.0909. The van der Waals surface area contributed by atoms with Gasteiger partial charge in [-0.15, -0.1) is 0 Å². The number of halogens is 1. The molecule has 0 aliphatic carbocycles. The van der Waals surface area contributed by atoms with Crippen LogP contribution in [0.4, 0.5) is 0 Å². The fourth-order valence-corrected chi connectivity index (χ4v) is 1.52. The van der Waals surface area contributed by atoms with E-state index >= 15 is 0 Å². The van der Waals surface area contributed by atoms with Gasteiger partial charge in [-0.05, 0) is 18.2 Å². The zero-order valence-electron chi connectivity index (χ0n) is 8.53. The molecule has 1 aromatic heterocycles. The number of ketones is 1. The molecule has 0 spiro atoms. The first kappa shape index (κ1) is 10.7. The quantitative estimate of drug-likeness (QED) is 0.832. The summed E-state index contributed by atoms with van der Waals surface area (Å²) in [6, 6.07) is 4.85. The van der Waals surface area contributed by atoms with Gasteiger partial charge in [0.15, 0.2) is 5.82 Å². The highest BCUT2D eigenvalue weighted by Crippen LogP contribution is 2.25. The molecule has 2 aromatic rings. The lowest BCUT2D eigenvalue weighted by molar-refractivity contribution is 0.103. The minimum Gasteiger partial charge on any atom is -0.495 e. The van der Waals surface area contributed by atoms with Crippen molar-refractivity contribution in [3.63, 3.8) is 0 Å².